The Morgan fingerprint density at radius 2 is 1.78 bits per heavy atom. The molecule has 0 radical (unpaired) electrons. The molecule has 0 atom stereocenters. The Balaban J connectivity index is 1.39. The van der Waals surface area contributed by atoms with E-state index in [-0.39, 0.29) is 6.61 Å². The largest absolute Gasteiger partial charge is 0.496 e. The van der Waals surface area contributed by atoms with E-state index in [0.29, 0.717) is 31.3 Å². The summed E-state index contributed by atoms with van der Waals surface area (Å²) in [6.45, 7) is 2.68. The summed E-state index contributed by atoms with van der Waals surface area (Å²) < 4.78 is 23.6. The van der Waals surface area contributed by atoms with Crippen LogP contribution in [0.25, 0.3) is 11.3 Å². The summed E-state index contributed by atoms with van der Waals surface area (Å²) in [6, 6.07) is 9.56. The fourth-order valence-corrected chi connectivity index (χ4v) is 4.76. The summed E-state index contributed by atoms with van der Waals surface area (Å²) in [7, 11) is 1.71. The molecule has 0 aliphatic heterocycles. The zero-order valence-corrected chi connectivity index (χ0v) is 21.6. The number of methoxy groups -OCH3 is 1. The van der Waals surface area contributed by atoms with Gasteiger partial charge < -0.3 is 24.1 Å². The Morgan fingerprint density at radius 1 is 1.06 bits per heavy atom. The molecule has 2 aromatic carbocycles. The third kappa shape index (κ3) is 6.69. The van der Waals surface area contributed by atoms with E-state index in [2.05, 4.69) is 11.9 Å². The number of aliphatic carboxylic acids is 1. The van der Waals surface area contributed by atoms with Gasteiger partial charge in [-0.1, -0.05) is 19.4 Å². The van der Waals surface area contributed by atoms with E-state index in [1.54, 1.807) is 24.5 Å². The van der Waals surface area contributed by atoms with Gasteiger partial charge in [0, 0.05) is 28.5 Å². The van der Waals surface area contributed by atoms with Gasteiger partial charge in [-0.2, -0.15) is 0 Å². The third-order valence-corrected chi connectivity index (χ3v) is 6.65. The Bertz CT molecular complexity index is 1140. The number of carboxylic acid groups (broad SMARTS) is 1. The molecule has 1 aliphatic carbocycles. The highest BCUT2D eigenvalue weighted by Gasteiger charge is 2.27. The van der Waals surface area contributed by atoms with Crippen LogP contribution in [0.15, 0.2) is 41.2 Å². The van der Waals surface area contributed by atoms with E-state index in [0.717, 1.165) is 58.9 Å². The molecule has 1 saturated carbocycles. The fraction of sp³-hybridized carbons (Fsp3) is 0.429. The number of aromatic nitrogens is 1. The van der Waals surface area contributed by atoms with Crippen molar-refractivity contribution in [3.63, 3.8) is 0 Å². The number of ether oxygens (including phenoxy) is 4. The van der Waals surface area contributed by atoms with E-state index in [9.17, 15) is 4.79 Å². The highest BCUT2D eigenvalue weighted by atomic mass is 32.1. The van der Waals surface area contributed by atoms with Gasteiger partial charge in [0.1, 0.15) is 23.0 Å². The van der Waals surface area contributed by atoms with Crippen LogP contribution in [0.5, 0.6) is 23.0 Å². The van der Waals surface area contributed by atoms with E-state index < -0.39 is 5.97 Å². The van der Waals surface area contributed by atoms with Gasteiger partial charge in [-0.3, -0.25) is 0 Å². The predicted molar refractivity (Wildman–Crippen MR) is 140 cm³/mol. The minimum absolute atomic E-state index is 0.373. The van der Waals surface area contributed by atoms with Crippen molar-refractivity contribution in [2.45, 2.75) is 45.4 Å². The van der Waals surface area contributed by atoms with Gasteiger partial charge in [0.05, 0.1) is 31.5 Å². The first kappa shape index (κ1) is 25.8. The van der Waals surface area contributed by atoms with Crippen LogP contribution in [0, 0.1) is 5.92 Å². The molecule has 3 aromatic rings. The smallest absolute Gasteiger partial charge is 0.341 e. The quantitative estimate of drug-likeness (QED) is 0.249. The molecule has 0 unspecified atom stereocenters. The van der Waals surface area contributed by atoms with Crippen LogP contribution in [-0.4, -0.2) is 43.0 Å². The zero-order chi connectivity index (χ0) is 25.3. The highest BCUT2D eigenvalue weighted by molar-refractivity contribution is 7.07. The first-order chi connectivity index (χ1) is 17.6. The second kappa shape index (κ2) is 12.6. The second-order valence-corrected chi connectivity index (χ2v) is 9.58. The molecule has 0 spiro atoms. The summed E-state index contributed by atoms with van der Waals surface area (Å²) in [5.74, 6) is 2.67. The lowest BCUT2D eigenvalue weighted by molar-refractivity contribution is -0.139. The topological polar surface area (TPSA) is 87.1 Å². The molecule has 0 saturated heterocycles. The Kier molecular flexibility index (Phi) is 9.06. The average Bonchev–Trinajstić information content (AvgIpc) is 3.53. The Hall–Kier alpha value is -3.26. The first-order valence-corrected chi connectivity index (χ1v) is 13.4. The molecule has 1 aliphatic rings. The van der Waals surface area contributed by atoms with Crippen molar-refractivity contribution in [2.24, 2.45) is 5.92 Å². The van der Waals surface area contributed by atoms with Crippen molar-refractivity contribution >= 4 is 17.3 Å². The number of carbonyl (C=O) groups is 1. The van der Waals surface area contributed by atoms with E-state index in [4.69, 9.17) is 24.1 Å². The minimum Gasteiger partial charge on any atom is -0.496 e. The van der Waals surface area contributed by atoms with Crippen molar-refractivity contribution in [1.29, 1.82) is 0 Å². The van der Waals surface area contributed by atoms with Gasteiger partial charge in [0.25, 0.3) is 0 Å². The van der Waals surface area contributed by atoms with E-state index in [1.165, 1.54) is 12.8 Å². The average molecular weight is 512 g/mol. The van der Waals surface area contributed by atoms with Crippen molar-refractivity contribution in [3.8, 4) is 34.3 Å². The molecule has 1 aromatic heterocycles. The van der Waals surface area contributed by atoms with Crippen LogP contribution in [0.1, 0.15) is 43.7 Å². The molecule has 1 N–H and O–H groups in total. The molecule has 192 valence electrons. The molecule has 0 amide bonds. The number of rotatable bonds is 15. The highest BCUT2D eigenvalue weighted by Crippen LogP contribution is 2.43. The summed E-state index contributed by atoms with van der Waals surface area (Å²) in [5, 5.41) is 11.0. The first-order valence-electron chi connectivity index (χ1n) is 12.4. The molecule has 7 nitrogen and oxygen atoms in total. The molecule has 0 bridgehead atoms. The van der Waals surface area contributed by atoms with Crippen LogP contribution >= 0.6 is 11.3 Å². The van der Waals surface area contributed by atoms with E-state index in [1.807, 2.05) is 35.2 Å². The van der Waals surface area contributed by atoms with Gasteiger partial charge >= 0.3 is 5.97 Å². The lowest BCUT2D eigenvalue weighted by atomic mass is 10.0. The van der Waals surface area contributed by atoms with E-state index >= 15 is 0 Å². The number of nitrogens with zero attached hydrogens (tertiary/aromatic N) is 1. The van der Waals surface area contributed by atoms with Crippen molar-refractivity contribution in [3.05, 3.63) is 52.3 Å². The summed E-state index contributed by atoms with van der Waals surface area (Å²) in [4.78, 5) is 15.4. The molecule has 36 heavy (non-hydrogen) atoms. The zero-order valence-electron chi connectivity index (χ0n) is 20.8. The van der Waals surface area contributed by atoms with Crippen molar-refractivity contribution in [2.75, 3.05) is 26.9 Å². The van der Waals surface area contributed by atoms with Gasteiger partial charge in [0.2, 0.25) is 0 Å². The maximum atomic E-state index is 10.9. The molecular formula is C28H33NO6S. The van der Waals surface area contributed by atoms with Crippen LogP contribution in [-0.2, 0) is 17.6 Å². The number of thiazole rings is 1. The van der Waals surface area contributed by atoms with Crippen LogP contribution in [0.3, 0.4) is 0 Å². The lowest BCUT2D eigenvalue weighted by Crippen LogP contribution is -2.12. The number of benzene rings is 2. The third-order valence-electron chi connectivity index (χ3n) is 6.06. The monoisotopic (exact) mass is 511 g/mol. The molecule has 8 heteroatoms. The maximum absolute atomic E-state index is 10.9. The fourth-order valence-electron chi connectivity index (χ4n) is 4.20. The van der Waals surface area contributed by atoms with Crippen molar-refractivity contribution in [1.82, 2.24) is 4.98 Å². The number of hydrogen-bond acceptors (Lipinski definition) is 7. The molecule has 1 heterocycles. The van der Waals surface area contributed by atoms with Gasteiger partial charge in [-0.25, -0.2) is 9.78 Å². The summed E-state index contributed by atoms with van der Waals surface area (Å²) in [5.41, 5.74) is 5.76. The number of carboxylic acids is 1. The maximum Gasteiger partial charge on any atom is 0.341 e. The molecular weight excluding hydrogens is 478 g/mol. The number of hydrogen-bond donors (Lipinski definition) is 1. The predicted octanol–water partition coefficient (Wildman–Crippen LogP) is 6.04. The van der Waals surface area contributed by atoms with Crippen LogP contribution in [0.4, 0.5) is 0 Å². The second-order valence-electron chi connectivity index (χ2n) is 8.86. The summed E-state index contributed by atoms with van der Waals surface area (Å²) in [6.07, 6.45) is 5.77. The molecule has 1 fully saturated rings. The van der Waals surface area contributed by atoms with Crippen LogP contribution in [0.2, 0.25) is 0 Å². The van der Waals surface area contributed by atoms with Gasteiger partial charge in [-0.15, -0.1) is 11.3 Å². The SMILES string of the molecule is CCCc1c(OCCCOc2ccc(-c3cscn3)c(OC)c2CC2CC2)cccc1OCC(=O)O. The van der Waals surface area contributed by atoms with Gasteiger partial charge in [0.15, 0.2) is 6.61 Å². The Labute approximate surface area is 216 Å². The molecule has 4 rings (SSSR count). The lowest BCUT2D eigenvalue weighted by Gasteiger charge is -2.18. The van der Waals surface area contributed by atoms with Gasteiger partial charge in [-0.05, 0) is 55.9 Å². The Morgan fingerprint density at radius 3 is 2.39 bits per heavy atom. The van der Waals surface area contributed by atoms with Crippen LogP contribution < -0.4 is 18.9 Å². The minimum atomic E-state index is -1.00. The summed E-state index contributed by atoms with van der Waals surface area (Å²) >= 11 is 1.57. The normalized spacial score (nSPS) is 12.8. The standard InChI is InChI=1S/C28H33NO6S/c1-3-6-21-24(7-4-8-25(21)35-16-27(30)31)33-13-5-14-34-26-12-11-20(23-17-36-18-29-23)28(32-2)22(26)15-19-9-10-19/h4,7-8,11-12,17-19H,3,5-6,9-10,13-16H2,1-2H3,(H,30,31). The van der Waals surface area contributed by atoms with Crippen molar-refractivity contribution < 1.29 is 28.8 Å².